The molecule has 1 atom stereocenters. The van der Waals surface area contributed by atoms with E-state index in [0.29, 0.717) is 24.5 Å². The van der Waals surface area contributed by atoms with Crippen LogP contribution in [0.4, 0.5) is 5.69 Å². The molecule has 0 unspecified atom stereocenters. The Labute approximate surface area is 173 Å². The molecule has 0 saturated heterocycles. The number of carbonyl (C=O) groups is 1. The number of hydrogen-bond donors (Lipinski definition) is 3. The molecule has 3 aromatic rings. The Morgan fingerprint density at radius 2 is 2.20 bits per heavy atom. The van der Waals surface area contributed by atoms with Crippen molar-refractivity contribution in [3.8, 4) is 28.4 Å². The maximum atomic E-state index is 12.9. The summed E-state index contributed by atoms with van der Waals surface area (Å²) >= 11 is 0. The van der Waals surface area contributed by atoms with Gasteiger partial charge in [0.05, 0.1) is 31.5 Å². The van der Waals surface area contributed by atoms with Gasteiger partial charge in [-0.15, -0.1) is 0 Å². The van der Waals surface area contributed by atoms with Gasteiger partial charge in [0.15, 0.2) is 0 Å². The van der Waals surface area contributed by atoms with Crippen molar-refractivity contribution < 1.29 is 24.1 Å². The molecule has 156 valence electrons. The molecule has 0 saturated carbocycles. The van der Waals surface area contributed by atoms with Gasteiger partial charge in [-0.2, -0.15) is 5.10 Å². The van der Waals surface area contributed by atoms with E-state index >= 15 is 0 Å². The van der Waals surface area contributed by atoms with E-state index in [0.717, 1.165) is 28.2 Å². The third-order valence-electron chi connectivity index (χ3n) is 4.96. The number of aliphatic hydroxyl groups excluding tert-OH is 1. The van der Waals surface area contributed by atoms with Crippen molar-refractivity contribution in [2.45, 2.75) is 6.42 Å². The molecule has 4 rings (SSSR count). The lowest BCUT2D eigenvalue weighted by molar-refractivity contribution is -0.121. The lowest BCUT2D eigenvalue weighted by Crippen LogP contribution is -2.32. The minimum Gasteiger partial charge on any atom is -0.497 e. The standard InChI is InChI=1S/C22H23N3O5/c1-28-18-3-5-20-15(9-18)8-16(13-30-20)22(27)25-19-4-2-14(17-11-23-24-12-17)10-21(19)29-7-6-26/h2-5,9-12,16,26H,6-8,13H2,1H3,(H,23,24)(H,25,27)/t16-/m0/s1. The van der Waals surface area contributed by atoms with Crippen LogP contribution in [0.25, 0.3) is 11.1 Å². The first-order chi connectivity index (χ1) is 14.7. The number of H-pyrrole nitrogens is 1. The van der Waals surface area contributed by atoms with Crippen molar-refractivity contribution in [3.05, 3.63) is 54.4 Å². The van der Waals surface area contributed by atoms with Crippen LogP contribution >= 0.6 is 0 Å². The Morgan fingerprint density at radius 3 is 2.97 bits per heavy atom. The molecule has 0 spiro atoms. The number of benzene rings is 2. The number of hydrogen-bond acceptors (Lipinski definition) is 6. The highest BCUT2D eigenvalue weighted by atomic mass is 16.5. The van der Waals surface area contributed by atoms with Gasteiger partial charge >= 0.3 is 0 Å². The molecule has 1 aliphatic rings. The van der Waals surface area contributed by atoms with Crippen LogP contribution in [0.15, 0.2) is 48.8 Å². The van der Waals surface area contributed by atoms with Crippen molar-refractivity contribution in [1.82, 2.24) is 10.2 Å². The molecule has 8 nitrogen and oxygen atoms in total. The monoisotopic (exact) mass is 409 g/mol. The average Bonchev–Trinajstić information content (AvgIpc) is 3.32. The number of amides is 1. The maximum absolute atomic E-state index is 12.9. The zero-order valence-electron chi connectivity index (χ0n) is 16.6. The molecular formula is C22H23N3O5. The number of carbonyl (C=O) groups excluding carboxylic acids is 1. The Hall–Kier alpha value is -3.52. The fourth-order valence-corrected chi connectivity index (χ4v) is 3.39. The zero-order chi connectivity index (χ0) is 20.9. The molecule has 3 N–H and O–H groups in total. The van der Waals surface area contributed by atoms with Crippen molar-refractivity contribution in [2.24, 2.45) is 5.92 Å². The molecule has 1 aliphatic heterocycles. The van der Waals surface area contributed by atoms with Gasteiger partial charge in [0, 0.05) is 11.8 Å². The number of anilines is 1. The first-order valence-electron chi connectivity index (χ1n) is 9.65. The molecular weight excluding hydrogens is 386 g/mol. The number of fused-ring (bicyclic) bond motifs is 1. The molecule has 1 amide bonds. The summed E-state index contributed by atoms with van der Waals surface area (Å²) in [7, 11) is 1.61. The summed E-state index contributed by atoms with van der Waals surface area (Å²) < 4.78 is 16.7. The summed E-state index contributed by atoms with van der Waals surface area (Å²) in [6, 6.07) is 11.1. The predicted octanol–water partition coefficient (Wildman–Crippen LogP) is 2.65. The Morgan fingerprint density at radius 1 is 1.30 bits per heavy atom. The Kier molecular flexibility index (Phi) is 5.85. The van der Waals surface area contributed by atoms with Crippen molar-refractivity contribution >= 4 is 11.6 Å². The van der Waals surface area contributed by atoms with E-state index in [1.165, 1.54) is 0 Å². The van der Waals surface area contributed by atoms with Gasteiger partial charge in [-0.25, -0.2) is 0 Å². The highest BCUT2D eigenvalue weighted by Gasteiger charge is 2.27. The van der Waals surface area contributed by atoms with Crippen LogP contribution in [-0.4, -0.2) is 48.1 Å². The van der Waals surface area contributed by atoms with Gasteiger partial charge in [-0.3, -0.25) is 9.89 Å². The predicted molar refractivity (Wildman–Crippen MR) is 111 cm³/mol. The van der Waals surface area contributed by atoms with Crippen LogP contribution in [0.1, 0.15) is 5.56 Å². The second-order valence-electron chi connectivity index (χ2n) is 6.94. The molecule has 1 aromatic heterocycles. The van der Waals surface area contributed by atoms with Crippen LogP contribution in [0.5, 0.6) is 17.2 Å². The largest absolute Gasteiger partial charge is 0.497 e. The summed E-state index contributed by atoms with van der Waals surface area (Å²) in [6.07, 6.45) is 4.03. The van der Waals surface area contributed by atoms with Crippen LogP contribution in [-0.2, 0) is 11.2 Å². The molecule has 0 bridgehead atoms. The van der Waals surface area contributed by atoms with Crippen molar-refractivity contribution in [1.29, 1.82) is 0 Å². The summed E-state index contributed by atoms with van der Waals surface area (Å²) in [5, 5.41) is 18.8. The van der Waals surface area contributed by atoms with E-state index < -0.39 is 0 Å². The molecule has 0 fully saturated rings. The number of methoxy groups -OCH3 is 1. The van der Waals surface area contributed by atoms with Gasteiger partial charge in [0.25, 0.3) is 0 Å². The smallest absolute Gasteiger partial charge is 0.231 e. The fourth-order valence-electron chi connectivity index (χ4n) is 3.39. The Balaban J connectivity index is 1.52. The highest BCUT2D eigenvalue weighted by Crippen LogP contribution is 2.33. The Bertz CT molecular complexity index is 1020. The highest BCUT2D eigenvalue weighted by molar-refractivity contribution is 5.95. The maximum Gasteiger partial charge on any atom is 0.231 e. The van der Waals surface area contributed by atoms with Crippen molar-refractivity contribution in [2.75, 3.05) is 32.2 Å². The lowest BCUT2D eigenvalue weighted by Gasteiger charge is -2.25. The van der Waals surface area contributed by atoms with Gasteiger partial charge in [0.2, 0.25) is 5.91 Å². The lowest BCUT2D eigenvalue weighted by atomic mass is 9.95. The van der Waals surface area contributed by atoms with E-state index in [4.69, 9.17) is 19.3 Å². The van der Waals surface area contributed by atoms with Crippen LogP contribution in [0, 0.1) is 5.92 Å². The fraction of sp³-hybridized carbons (Fsp3) is 0.273. The third-order valence-corrected chi connectivity index (χ3v) is 4.96. The number of aromatic nitrogens is 2. The quantitative estimate of drug-likeness (QED) is 0.554. The first kappa shape index (κ1) is 19.8. The normalized spacial score (nSPS) is 15.1. The number of rotatable bonds is 7. The molecule has 2 heterocycles. The van der Waals surface area contributed by atoms with E-state index in [2.05, 4.69) is 15.5 Å². The molecule has 8 heteroatoms. The number of nitrogens with zero attached hydrogens (tertiary/aromatic N) is 1. The molecule has 2 aromatic carbocycles. The van der Waals surface area contributed by atoms with Gasteiger partial charge in [-0.1, -0.05) is 6.07 Å². The minimum absolute atomic E-state index is 0.122. The summed E-state index contributed by atoms with van der Waals surface area (Å²) in [5.41, 5.74) is 3.26. The SMILES string of the molecule is COc1ccc2c(c1)C[C@H](C(=O)Nc1ccc(-c3cn[nH]c3)cc1OCCO)CO2. The van der Waals surface area contributed by atoms with E-state index in [9.17, 15) is 4.79 Å². The second kappa shape index (κ2) is 8.87. The summed E-state index contributed by atoms with van der Waals surface area (Å²) in [4.78, 5) is 12.9. The van der Waals surface area contributed by atoms with E-state index in [-0.39, 0.29) is 25.0 Å². The number of aromatic amines is 1. The van der Waals surface area contributed by atoms with Crippen molar-refractivity contribution in [3.63, 3.8) is 0 Å². The van der Waals surface area contributed by atoms with Gasteiger partial charge in [0.1, 0.15) is 30.5 Å². The van der Waals surface area contributed by atoms with Gasteiger partial charge in [-0.05, 0) is 47.9 Å². The molecule has 0 aliphatic carbocycles. The van der Waals surface area contributed by atoms with E-state index in [1.54, 1.807) is 25.6 Å². The zero-order valence-corrected chi connectivity index (χ0v) is 16.6. The minimum atomic E-state index is -0.344. The molecule has 0 radical (unpaired) electrons. The number of ether oxygens (including phenoxy) is 3. The average molecular weight is 409 g/mol. The number of nitrogens with one attached hydrogen (secondary N) is 2. The third kappa shape index (κ3) is 4.23. The van der Waals surface area contributed by atoms with Gasteiger partial charge < -0.3 is 24.6 Å². The summed E-state index contributed by atoms with van der Waals surface area (Å²) in [6.45, 7) is 0.293. The number of aliphatic hydroxyl groups is 1. The molecule has 30 heavy (non-hydrogen) atoms. The topological polar surface area (TPSA) is 106 Å². The summed E-state index contributed by atoms with van der Waals surface area (Å²) in [5.74, 6) is 1.48. The van der Waals surface area contributed by atoms with Crippen LogP contribution in [0.2, 0.25) is 0 Å². The van der Waals surface area contributed by atoms with Crippen LogP contribution < -0.4 is 19.5 Å². The van der Waals surface area contributed by atoms with Crippen LogP contribution in [0.3, 0.4) is 0 Å². The second-order valence-corrected chi connectivity index (χ2v) is 6.94. The first-order valence-corrected chi connectivity index (χ1v) is 9.65. The van der Waals surface area contributed by atoms with E-state index in [1.807, 2.05) is 30.3 Å².